The Balaban J connectivity index is 1.88. The van der Waals surface area contributed by atoms with Crippen molar-refractivity contribution in [2.45, 2.75) is 56.4 Å². The van der Waals surface area contributed by atoms with Gasteiger partial charge in [0.1, 0.15) is 13.4 Å². The maximum absolute atomic E-state index is 12.2. The minimum atomic E-state index is -1.09. The molecule has 29 heavy (non-hydrogen) atoms. The number of benzene rings is 1. The summed E-state index contributed by atoms with van der Waals surface area (Å²) in [6, 6.07) is 6.68. The molecule has 1 aliphatic heterocycles. The monoisotopic (exact) mass is 487 g/mol. The number of carbonyl (C=O) groups is 1. The molecule has 164 valence electrons. The van der Waals surface area contributed by atoms with Crippen molar-refractivity contribution < 1.29 is 23.7 Å². The zero-order chi connectivity index (χ0) is 21.7. The van der Waals surface area contributed by atoms with Crippen molar-refractivity contribution in [2.24, 2.45) is 0 Å². The van der Waals surface area contributed by atoms with Gasteiger partial charge in [-0.2, -0.15) is 0 Å². The summed E-state index contributed by atoms with van der Waals surface area (Å²) in [6.07, 6.45) is 0.797. The Bertz CT molecular complexity index is 692. The highest BCUT2D eigenvalue weighted by Gasteiger charge is 2.31. The second kappa shape index (κ2) is 10.3. The van der Waals surface area contributed by atoms with Crippen LogP contribution in [0.1, 0.15) is 20.3 Å². The summed E-state index contributed by atoms with van der Waals surface area (Å²) in [6.45, 7) is 12.9. The predicted octanol–water partition coefficient (Wildman–Crippen LogP) is 4.68. The van der Waals surface area contributed by atoms with Crippen LogP contribution >= 0.6 is 15.9 Å². The van der Waals surface area contributed by atoms with Gasteiger partial charge in [-0.1, -0.05) is 35.6 Å². The van der Waals surface area contributed by atoms with Gasteiger partial charge in [0.05, 0.1) is 17.5 Å². The van der Waals surface area contributed by atoms with Crippen molar-refractivity contribution in [1.82, 2.24) is 0 Å². The summed E-state index contributed by atoms with van der Waals surface area (Å²) >= 11 is 3.41. The smallest absolute Gasteiger partial charge is 0.240 e. The third kappa shape index (κ3) is 7.59. The molecule has 0 aromatic heterocycles. The van der Waals surface area contributed by atoms with Crippen LogP contribution in [0.25, 0.3) is 0 Å². The lowest BCUT2D eigenvalue weighted by atomic mass is 10.1. The Labute approximate surface area is 184 Å². The van der Waals surface area contributed by atoms with Crippen LogP contribution in [0.3, 0.4) is 0 Å². The molecule has 1 atom stereocenters. The highest BCUT2D eigenvalue weighted by molar-refractivity contribution is 9.10. The van der Waals surface area contributed by atoms with Gasteiger partial charge in [0, 0.05) is 33.0 Å². The van der Waals surface area contributed by atoms with Crippen LogP contribution < -0.4 is 14.4 Å². The third-order valence-corrected chi connectivity index (χ3v) is 7.26. The van der Waals surface area contributed by atoms with Gasteiger partial charge in [-0.3, -0.25) is 4.79 Å². The zero-order valence-electron chi connectivity index (χ0n) is 18.4. The Kier molecular flexibility index (Phi) is 8.57. The Morgan fingerprint density at radius 1 is 1.24 bits per heavy atom. The van der Waals surface area contributed by atoms with E-state index in [2.05, 4.69) is 35.6 Å². The van der Waals surface area contributed by atoms with Gasteiger partial charge < -0.3 is 23.8 Å². The molecule has 0 spiro atoms. The van der Waals surface area contributed by atoms with Crippen LogP contribution in [0.15, 0.2) is 18.2 Å². The van der Waals surface area contributed by atoms with E-state index in [4.69, 9.17) is 18.9 Å². The van der Waals surface area contributed by atoms with Gasteiger partial charge in [0.25, 0.3) is 0 Å². The second-order valence-electron chi connectivity index (χ2n) is 9.11. The summed E-state index contributed by atoms with van der Waals surface area (Å²) in [4.78, 5) is 13.9. The van der Waals surface area contributed by atoms with E-state index in [1.54, 1.807) is 12.0 Å². The maximum Gasteiger partial charge on any atom is 0.240 e. The summed E-state index contributed by atoms with van der Waals surface area (Å²) in [7, 11) is 0.504. The van der Waals surface area contributed by atoms with E-state index in [0.29, 0.717) is 24.7 Å². The minimum absolute atomic E-state index is 0.0735. The number of rotatable bonds is 11. The van der Waals surface area contributed by atoms with Gasteiger partial charge in [-0.25, -0.2) is 0 Å². The van der Waals surface area contributed by atoms with E-state index in [1.165, 1.54) is 0 Å². The molecule has 0 saturated carbocycles. The summed E-state index contributed by atoms with van der Waals surface area (Å²) in [5.74, 6) is 1.29. The molecule has 1 aromatic carbocycles. The topological polar surface area (TPSA) is 57.2 Å². The molecule has 0 N–H and O–H groups in total. The molecule has 1 saturated heterocycles. The van der Waals surface area contributed by atoms with E-state index in [1.807, 2.05) is 32.0 Å². The number of amides is 1. The van der Waals surface area contributed by atoms with Gasteiger partial charge in [0.2, 0.25) is 5.91 Å². The van der Waals surface area contributed by atoms with Crippen molar-refractivity contribution in [3.05, 3.63) is 18.2 Å². The lowest BCUT2D eigenvalue weighted by Crippen LogP contribution is -2.33. The molecule has 6 nitrogen and oxygen atoms in total. The number of ether oxygens (including phenoxy) is 4. The lowest BCUT2D eigenvalue weighted by Gasteiger charge is -2.26. The molecule has 2 rings (SSSR count). The summed E-state index contributed by atoms with van der Waals surface area (Å²) in [5.41, 5.74) is 0.309. The number of alkyl halides is 1. The molecule has 1 aliphatic rings. The van der Waals surface area contributed by atoms with Gasteiger partial charge in [-0.05, 0) is 38.4 Å². The van der Waals surface area contributed by atoms with Gasteiger partial charge in [0.15, 0.2) is 11.5 Å². The first-order valence-electron chi connectivity index (χ1n) is 10.0. The van der Waals surface area contributed by atoms with E-state index >= 15 is 0 Å². The van der Waals surface area contributed by atoms with E-state index in [9.17, 15) is 4.79 Å². The average Bonchev–Trinajstić information content (AvgIpc) is 2.97. The highest BCUT2D eigenvalue weighted by Crippen LogP contribution is 2.34. The summed E-state index contributed by atoms with van der Waals surface area (Å²) < 4.78 is 22.9. The van der Waals surface area contributed by atoms with E-state index < -0.39 is 13.7 Å². The summed E-state index contributed by atoms with van der Waals surface area (Å²) in [5, 5.41) is 0. The van der Waals surface area contributed by atoms with Crippen LogP contribution in [-0.4, -0.2) is 58.1 Å². The molecule has 0 aliphatic carbocycles. The number of anilines is 1. The van der Waals surface area contributed by atoms with E-state index in [0.717, 1.165) is 24.8 Å². The molecule has 1 aromatic rings. The van der Waals surface area contributed by atoms with Crippen LogP contribution in [-0.2, 0) is 14.3 Å². The van der Waals surface area contributed by atoms with Crippen molar-refractivity contribution in [3.8, 4) is 11.5 Å². The first-order chi connectivity index (χ1) is 13.5. The molecule has 1 amide bonds. The van der Waals surface area contributed by atoms with Crippen LogP contribution in [0, 0.1) is 0 Å². The quantitative estimate of drug-likeness (QED) is 0.196. The van der Waals surface area contributed by atoms with Crippen molar-refractivity contribution in [3.63, 3.8) is 0 Å². The van der Waals surface area contributed by atoms with Crippen molar-refractivity contribution >= 4 is 35.6 Å². The normalized spacial score (nSPS) is 17.7. The number of nitrogens with zero attached hydrogens (tertiary/aromatic N) is 1. The fourth-order valence-corrected chi connectivity index (χ4v) is 3.99. The predicted molar refractivity (Wildman–Crippen MR) is 122 cm³/mol. The molecule has 1 heterocycles. The number of carbonyl (C=O) groups excluding carboxylic acids is 1. The first kappa shape index (κ1) is 24.2. The minimum Gasteiger partial charge on any atom is -0.493 e. The van der Waals surface area contributed by atoms with Crippen LogP contribution in [0.2, 0.25) is 25.7 Å². The average molecular weight is 488 g/mol. The maximum atomic E-state index is 12.2. The molecular weight excluding hydrogens is 454 g/mol. The van der Waals surface area contributed by atoms with Crippen LogP contribution in [0.5, 0.6) is 11.5 Å². The zero-order valence-corrected chi connectivity index (χ0v) is 21.0. The number of hydrogen-bond acceptors (Lipinski definition) is 5. The fraction of sp³-hybridized carbons (Fsp3) is 0.667. The molecule has 1 fully saturated rings. The Morgan fingerprint density at radius 3 is 2.55 bits per heavy atom. The lowest BCUT2D eigenvalue weighted by molar-refractivity contribution is -0.137. The Morgan fingerprint density at radius 2 is 1.97 bits per heavy atom. The number of halogens is 1. The molecule has 0 bridgehead atoms. The van der Waals surface area contributed by atoms with Crippen LogP contribution in [0.4, 0.5) is 5.69 Å². The Hall–Kier alpha value is -1.09. The van der Waals surface area contributed by atoms with Crippen molar-refractivity contribution in [2.75, 3.05) is 38.6 Å². The van der Waals surface area contributed by atoms with Gasteiger partial charge in [-0.15, -0.1) is 0 Å². The number of methoxy groups -OCH3 is 1. The first-order valence-corrected chi connectivity index (χ1v) is 14.6. The second-order valence-corrected chi connectivity index (χ2v) is 15.8. The molecule has 8 heteroatoms. The van der Waals surface area contributed by atoms with Crippen molar-refractivity contribution in [1.29, 1.82) is 0 Å². The highest BCUT2D eigenvalue weighted by atomic mass is 79.9. The molecule has 0 radical (unpaired) electrons. The standard InChI is InChI=1S/C21H34BrNO5Si/c1-21(2,28-15-26-11-12-29(4,5)6)14-27-18-8-7-16(13-19(18)25-3)23-10-9-17(22)20(23)24/h7-8,13,17H,9-12,14-15H2,1-6H3. The molecular formula is C21H34BrNO5Si. The SMILES string of the molecule is COc1cc(N2CCC(Br)C2=O)ccc1OCC(C)(C)OCOCC[Si](C)(C)C. The van der Waals surface area contributed by atoms with E-state index in [-0.39, 0.29) is 17.5 Å². The largest absolute Gasteiger partial charge is 0.493 e. The third-order valence-electron chi connectivity index (χ3n) is 4.70. The van der Waals surface area contributed by atoms with Gasteiger partial charge >= 0.3 is 0 Å². The molecule has 1 unspecified atom stereocenters. The number of hydrogen-bond donors (Lipinski definition) is 0. The fourth-order valence-electron chi connectivity index (χ4n) is 2.78.